The average molecular weight is 361 g/mol. The van der Waals surface area contributed by atoms with E-state index in [1.165, 1.54) is 9.42 Å². The molecule has 2 aromatic rings. The van der Waals surface area contributed by atoms with Gasteiger partial charge in [0.25, 0.3) is 5.91 Å². The maximum Gasteiger partial charge on any atom is 0.302 e. The summed E-state index contributed by atoms with van der Waals surface area (Å²) in [6.07, 6.45) is 4.34. The maximum atomic E-state index is 12.9. The van der Waals surface area contributed by atoms with E-state index < -0.39 is 27.8 Å². The predicted molar refractivity (Wildman–Crippen MR) is 81.5 cm³/mol. The molecule has 7 nitrogen and oxygen atoms in total. The van der Waals surface area contributed by atoms with E-state index in [9.17, 15) is 17.1 Å². The molecule has 0 saturated carbocycles. The lowest BCUT2D eigenvalue weighted by Crippen LogP contribution is -2.41. The van der Waals surface area contributed by atoms with Gasteiger partial charge in [-0.15, -0.1) is 3.89 Å². The van der Waals surface area contributed by atoms with Crippen LogP contribution in [0.25, 0.3) is 5.65 Å². The summed E-state index contributed by atoms with van der Waals surface area (Å²) in [6, 6.07) is 1.66. The molecule has 1 fully saturated rings. The fourth-order valence-corrected chi connectivity index (χ4v) is 3.90. The molecule has 1 amide bonds. The van der Waals surface area contributed by atoms with Gasteiger partial charge < -0.3 is 4.90 Å². The van der Waals surface area contributed by atoms with E-state index in [-0.39, 0.29) is 17.3 Å². The molecule has 3 rings (SSSR count). The summed E-state index contributed by atoms with van der Waals surface area (Å²) < 4.78 is 35.9. The first-order chi connectivity index (χ1) is 10.8. The molecule has 0 bridgehead atoms. The summed E-state index contributed by atoms with van der Waals surface area (Å²) in [5, 5.41) is 4.27. The zero-order chi connectivity index (χ0) is 16.6. The number of amides is 1. The monoisotopic (exact) mass is 360 g/mol. The molecule has 1 unspecified atom stereocenters. The molecular formula is C13H14ClFN4O3S. The topological polar surface area (TPSA) is 84.6 Å². The Morgan fingerprint density at radius 2 is 2.26 bits per heavy atom. The summed E-state index contributed by atoms with van der Waals surface area (Å²) in [5.41, 5.74) is 0.437. The van der Waals surface area contributed by atoms with Crippen LogP contribution in [0.1, 0.15) is 23.3 Å². The van der Waals surface area contributed by atoms with Gasteiger partial charge in [0.2, 0.25) is 0 Å². The number of hydrogen-bond acceptors (Lipinski definition) is 5. The number of likely N-dealkylation sites (tertiary alicyclic amines) is 1. The Kier molecular flexibility index (Phi) is 4.24. The van der Waals surface area contributed by atoms with Gasteiger partial charge >= 0.3 is 10.2 Å². The number of carbonyl (C=O) groups excluding carboxylic acids is 1. The van der Waals surface area contributed by atoms with Crippen LogP contribution in [-0.4, -0.2) is 52.7 Å². The van der Waals surface area contributed by atoms with Gasteiger partial charge in [-0.3, -0.25) is 4.79 Å². The number of hydrogen-bond donors (Lipinski definition) is 0. The number of halogens is 2. The van der Waals surface area contributed by atoms with Crippen molar-refractivity contribution in [2.24, 2.45) is 5.92 Å². The summed E-state index contributed by atoms with van der Waals surface area (Å²) in [4.78, 5) is 18.1. The fraction of sp³-hybridized carbons (Fsp3) is 0.462. The summed E-state index contributed by atoms with van der Waals surface area (Å²) in [6.45, 7) is 0.624. The van der Waals surface area contributed by atoms with Crippen molar-refractivity contribution < 1.29 is 17.1 Å². The van der Waals surface area contributed by atoms with E-state index in [4.69, 9.17) is 11.6 Å². The smallest absolute Gasteiger partial charge is 0.302 e. The molecule has 1 aliphatic heterocycles. The quantitative estimate of drug-likeness (QED) is 0.775. The highest BCUT2D eigenvalue weighted by molar-refractivity contribution is 7.86. The summed E-state index contributed by atoms with van der Waals surface area (Å²) >= 11 is 6.16. The molecule has 0 radical (unpaired) electrons. The van der Waals surface area contributed by atoms with Crippen molar-refractivity contribution in [3.8, 4) is 0 Å². The molecule has 1 saturated heterocycles. The lowest BCUT2D eigenvalue weighted by Gasteiger charge is -2.31. The molecule has 0 aliphatic carbocycles. The number of aromatic nitrogens is 3. The summed E-state index contributed by atoms with van der Waals surface area (Å²) in [5.74, 6) is -1.39. The Hall–Kier alpha value is -1.74. The molecular weight excluding hydrogens is 347 g/mol. The number of fused-ring (bicyclic) bond motifs is 1. The van der Waals surface area contributed by atoms with Crippen molar-refractivity contribution in [1.82, 2.24) is 19.5 Å². The molecule has 23 heavy (non-hydrogen) atoms. The van der Waals surface area contributed by atoms with Gasteiger partial charge in [0.1, 0.15) is 5.02 Å². The lowest BCUT2D eigenvalue weighted by atomic mass is 10.00. The van der Waals surface area contributed by atoms with Crippen molar-refractivity contribution in [3.05, 3.63) is 29.2 Å². The second kappa shape index (κ2) is 6.04. The Balaban J connectivity index is 1.82. The van der Waals surface area contributed by atoms with Crippen LogP contribution >= 0.6 is 11.6 Å². The number of rotatable bonds is 3. The molecule has 0 aromatic carbocycles. The van der Waals surface area contributed by atoms with E-state index in [0.29, 0.717) is 25.0 Å². The van der Waals surface area contributed by atoms with Crippen LogP contribution in [0.4, 0.5) is 3.89 Å². The van der Waals surface area contributed by atoms with Crippen LogP contribution in [0.2, 0.25) is 5.02 Å². The van der Waals surface area contributed by atoms with Gasteiger partial charge in [-0.2, -0.15) is 13.5 Å². The van der Waals surface area contributed by atoms with Crippen LogP contribution in [0, 0.1) is 5.92 Å². The number of nitrogens with zero attached hydrogens (tertiary/aromatic N) is 4. The van der Waals surface area contributed by atoms with Crippen molar-refractivity contribution >= 4 is 33.4 Å². The maximum absolute atomic E-state index is 12.9. The Bertz CT molecular complexity index is 854. The minimum atomic E-state index is -4.56. The third-order valence-corrected chi connectivity index (χ3v) is 5.00. The third kappa shape index (κ3) is 3.45. The largest absolute Gasteiger partial charge is 0.337 e. The molecule has 0 spiro atoms. The van der Waals surface area contributed by atoms with E-state index in [2.05, 4.69) is 10.1 Å². The van der Waals surface area contributed by atoms with E-state index in [1.54, 1.807) is 18.5 Å². The van der Waals surface area contributed by atoms with Crippen LogP contribution < -0.4 is 0 Å². The Labute approximate surface area is 137 Å². The minimum absolute atomic E-state index is 0.0640. The molecule has 10 heteroatoms. The highest BCUT2D eigenvalue weighted by Crippen LogP contribution is 2.25. The SMILES string of the molecule is O=C(c1nn2cccnc2c1Cl)N1CCCC(CS(=O)(=O)F)C1. The predicted octanol–water partition coefficient (Wildman–Crippen LogP) is 1.53. The van der Waals surface area contributed by atoms with E-state index >= 15 is 0 Å². The molecule has 124 valence electrons. The standard InChI is InChI=1S/C13H14ClFN4O3S/c14-10-11(17-19-6-2-4-16-12(10)19)13(20)18-5-1-3-9(7-18)8-23(15,21)22/h2,4,6,9H,1,3,5,7-8H2. The lowest BCUT2D eigenvalue weighted by molar-refractivity contribution is 0.0677. The fourth-order valence-electron chi connectivity index (χ4n) is 2.81. The molecule has 1 aliphatic rings. The first kappa shape index (κ1) is 16.1. The van der Waals surface area contributed by atoms with Crippen LogP contribution in [0.5, 0.6) is 0 Å². The van der Waals surface area contributed by atoms with E-state index in [0.717, 1.165) is 0 Å². The number of piperidine rings is 1. The molecule has 3 heterocycles. The molecule has 2 aromatic heterocycles. The first-order valence-electron chi connectivity index (χ1n) is 7.05. The average Bonchev–Trinajstić information content (AvgIpc) is 2.83. The zero-order valence-corrected chi connectivity index (χ0v) is 13.6. The van der Waals surface area contributed by atoms with Crippen molar-refractivity contribution in [2.75, 3.05) is 18.8 Å². The molecule has 0 N–H and O–H groups in total. The van der Waals surface area contributed by atoms with Gasteiger partial charge in [-0.25, -0.2) is 9.50 Å². The first-order valence-corrected chi connectivity index (χ1v) is 8.98. The second-order valence-electron chi connectivity index (χ2n) is 5.52. The summed E-state index contributed by atoms with van der Waals surface area (Å²) in [7, 11) is -4.56. The highest BCUT2D eigenvalue weighted by Gasteiger charge is 2.30. The van der Waals surface area contributed by atoms with Crippen LogP contribution in [0.15, 0.2) is 18.5 Å². The van der Waals surface area contributed by atoms with E-state index in [1.807, 2.05) is 0 Å². The molecule has 1 atom stereocenters. The van der Waals surface area contributed by atoms with Gasteiger partial charge in [-0.05, 0) is 24.8 Å². The third-order valence-electron chi connectivity index (χ3n) is 3.78. The van der Waals surface area contributed by atoms with Crippen molar-refractivity contribution in [1.29, 1.82) is 0 Å². The van der Waals surface area contributed by atoms with Crippen LogP contribution in [0.3, 0.4) is 0 Å². The van der Waals surface area contributed by atoms with Gasteiger partial charge in [-0.1, -0.05) is 11.6 Å². The Morgan fingerprint density at radius 3 is 2.96 bits per heavy atom. The van der Waals surface area contributed by atoms with Gasteiger partial charge in [0.05, 0.1) is 5.75 Å². The Morgan fingerprint density at radius 1 is 1.48 bits per heavy atom. The van der Waals surface area contributed by atoms with Crippen molar-refractivity contribution in [3.63, 3.8) is 0 Å². The van der Waals surface area contributed by atoms with Crippen LogP contribution in [-0.2, 0) is 10.2 Å². The normalized spacial score (nSPS) is 19.2. The zero-order valence-electron chi connectivity index (χ0n) is 12.0. The highest BCUT2D eigenvalue weighted by atomic mass is 35.5. The van der Waals surface area contributed by atoms with Crippen molar-refractivity contribution in [2.45, 2.75) is 12.8 Å². The van der Waals surface area contributed by atoms with Gasteiger partial charge in [0.15, 0.2) is 11.3 Å². The minimum Gasteiger partial charge on any atom is -0.337 e. The van der Waals surface area contributed by atoms with Gasteiger partial charge in [0, 0.05) is 25.5 Å². The second-order valence-corrected chi connectivity index (χ2v) is 7.30. The number of carbonyl (C=O) groups is 1.